The van der Waals surface area contributed by atoms with Crippen LogP contribution in [-0.4, -0.2) is 12.5 Å². The fraction of sp³-hybridized carbons (Fsp3) is 0.364. The Hall–Kier alpha value is -0.870. The predicted octanol–water partition coefficient (Wildman–Crippen LogP) is 1.58. The number of rotatable bonds is 2. The van der Waals surface area contributed by atoms with Crippen molar-refractivity contribution in [1.29, 1.82) is 0 Å². The zero-order valence-corrected chi connectivity index (χ0v) is 9.83. The van der Waals surface area contributed by atoms with E-state index in [0.717, 1.165) is 10.9 Å². The zero-order chi connectivity index (χ0) is 10.8. The maximum Gasteiger partial charge on any atom is 0.221 e. The van der Waals surface area contributed by atoms with Crippen LogP contribution in [-0.2, 0) is 4.79 Å². The topological polar surface area (TPSA) is 55.1 Å². The average Bonchev–Trinajstić information content (AvgIpc) is 2.68. The summed E-state index contributed by atoms with van der Waals surface area (Å²) in [7, 11) is 0. The van der Waals surface area contributed by atoms with Crippen LogP contribution in [0.2, 0.25) is 0 Å². The second-order valence-corrected chi connectivity index (χ2v) is 4.76. The summed E-state index contributed by atoms with van der Waals surface area (Å²) in [6.07, 6.45) is 0.803. The Morgan fingerprint density at radius 2 is 2.07 bits per heavy atom. The molecule has 0 radical (unpaired) electrons. The Labute approximate surface area is 97.2 Å². The number of carbonyl (C=O) groups excluding carboxylic acids is 1. The highest BCUT2D eigenvalue weighted by atomic mass is 79.9. The number of amides is 1. The standard InChI is InChI=1S/C11H13BrN2O/c12-9-3-1-7(2-4-9)10-5-8(6-14-10)11(13)15/h1-4,8,10,14H,5-6H2,(H2,13,15). The lowest BCUT2D eigenvalue weighted by molar-refractivity contribution is -0.121. The number of halogens is 1. The third kappa shape index (κ3) is 2.38. The van der Waals surface area contributed by atoms with Gasteiger partial charge in [-0.25, -0.2) is 0 Å². The first kappa shape index (κ1) is 10.6. The smallest absolute Gasteiger partial charge is 0.221 e. The van der Waals surface area contributed by atoms with Crippen molar-refractivity contribution in [3.05, 3.63) is 34.3 Å². The van der Waals surface area contributed by atoms with Crippen LogP contribution in [0.25, 0.3) is 0 Å². The van der Waals surface area contributed by atoms with Crippen LogP contribution in [0, 0.1) is 5.92 Å². The van der Waals surface area contributed by atoms with Gasteiger partial charge in [-0.2, -0.15) is 0 Å². The van der Waals surface area contributed by atoms with Crippen molar-refractivity contribution in [2.75, 3.05) is 6.54 Å². The Balaban J connectivity index is 2.07. The number of nitrogens with one attached hydrogen (secondary N) is 1. The summed E-state index contributed by atoms with van der Waals surface area (Å²) in [5.41, 5.74) is 6.49. The van der Waals surface area contributed by atoms with Gasteiger partial charge in [-0.05, 0) is 24.1 Å². The summed E-state index contributed by atoms with van der Waals surface area (Å²) in [6, 6.07) is 8.40. The number of hydrogen-bond donors (Lipinski definition) is 2. The minimum atomic E-state index is -0.206. The third-order valence-corrected chi connectivity index (χ3v) is 3.33. The molecule has 15 heavy (non-hydrogen) atoms. The minimum Gasteiger partial charge on any atom is -0.369 e. The van der Waals surface area contributed by atoms with Gasteiger partial charge in [0.1, 0.15) is 0 Å². The van der Waals surface area contributed by atoms with Crippen LogP contribution < -0.4 is 11.1 Å². The average molecular weight is 269 g/mol. The van der Waals surface area contributed by atoms with Gasteiger partial charge in [-0.3, -0.25) is 4.79 Å². The van der Waals surface area contributed by atoms with E-state index in [1.54, 1.807) is 0 Å². The van der Waals surface area contributed by atoms with Crippen molar-refractivity contribution in [1.82, 2.24) is 5.32 Å². The van der Waals surface area contributed by atoms with Crippen LogP contribution in [0.15, 0.2) is 28.7 Å². The molecule has 3 N–H and O–H groups in total. The number of hydrogen-bond acceptors (Lipinski definition) is 2. The van der Waals surface area contributed by atoms with Crippen molar-refractivity contribution >= 4 is 21.8 Å². The molecule has 0 aromatic heterocycles. The van der Waals surface area contributed by atoms with E-state index < -0.39 is 0 Å². The second kappa shape index (κ2) is 4.33. The number of primary amides is 1. The van der Waals surface area contributed by atoms with Gasteiger partial charge in [0, 0.05) is 17.1 Å². The fourth-order valence-electron chi connectivity index (χ4n) is 1.90. The molecule has 1 aromatic rings. The van der Waals surface area contributed by atoms with E-state index in [1.807, 2.05) is 12.1 Å². The van der Waals surface area contributed by atoms with Gasteiger partial charge in [-0.15, -0.1) is 0 Å². The van der Waals surface area contributed by atoms with Crippen molar-refractivity contribution in [3.8, 4) is 0 Å². The lowest BCUT2D eigenvalue weighted by Gasteiger charge is -2.10. The molecule has 2 unspecified atom stereocenters. The van der Waals surface area contributed by atoms with Crippen molar-refractivity contribution in [2.24, 2.45) is 11.7 Å². The first-order valence-corrected chi connectivity index (χ1v) is 5.74. The Morgan fingerprint density at radius 3 is 2.60 bits per heavy atom. The molecule has 3 nitrogen and oxygen atoms in total. The van der Waals surface area contributed by atoms with Gasteiger partial charge in [0.05, 0.1) is 5.92 Å². The second-order valence-electron chi connectivity index (χ2n) is 3.85. The molecule has 1 aliphatic heterocycles. The Kier molecular flexibility index (Phi) is 3.07. The molecule has 0 spiro atoms. The van der Waals surface area contributed by atoms with Crippen molar-refractivity contribution < 1.29 is 4.79 Å². The van der Waals surface area contributed by atoms with Crippen LogP contribution in [0.1, 0.15) is 18.0 Å². The molecule has 1 fully saturated rings. The van der Waals surface area contributed by atoms with Crippen molar-refractivity contribution in [3.63, 3.8) is 0 Å². The van der Waals surface area contributed by atoms with Crippen molar-refractivity contribution in [2.45, 2.75) is 12.5 Å². The SMILES string of the molecule is NC(=O)C1CNC(c2ccc(Br)cc2)C1. The summed E-state index contributed by atoms with van der Waals surface area (Å²) in [5.74, 6) is -0.235. The molecule has 1 saturated heterocycles. The molecule has 4 heteroatoms. The van der Waals surface area contributed by atoms with Gasteiger partial charge in [0.25, 0.3) is 0 Å². The molecule has 1 aromatic carbocycles. The number of nitrogens with two attached hydrogens (primary N) is 1. The lowest BCUT2D eigenvalue weighted by Crippen LogP contribution is -2.24. The summed E-state index contributed by atoms with van der Waals surface area (Å²) < 4.78 is 1.07. The van der Waals surface area contributed by atoms with Crippen LogP contribution in [0.4, 0.5) is 0 Å². The first-order chi connectivity index (χ1) is 7.16. The first-order valence-electron chi connectivity index (χ1n) is 4.95. The minimum absolute atomic E-state index is 0.0290. The van der Waals surface area contributed by atoms with E-state index in [1.165, 1.54) is 5.56 Å². The van der Waals surface area contributed by atoms with Crippen LogP contribution >= 0.6 is 15.9 Å². The molecule has 1 heterocycles. The van der Waals surface area contributed by atoms with Crippen LogP contribution in [0.5, 0.6) is 0 Å². The van der Waals surface area contributed by atoms with Gasteiger partial charge < -0.3 is 11.1 Å². The maximum absolute atomic E-state index is 11.0. The van der Waals surface area contributed by atoms with Gasteiger partial charge in [0.15, 0.2) is 0 Å². The Bertz CT molecular complexity index is 363. The van der Waals surface area contributed by atoms with Crippen LogP contribution in [0.3, 0.4) is 0 Å². The lowest BCUT2D eigenvalue weighted by atomic mass is 10.00. The quantitative estimate of drug-likeness (QED) is 0.856. The summed E-state index contributed by atoms with van der Waals surface area (Å²) in [4.78, 5) is 11.0. The van der Waals surface area contributed by atoms with E-state index in [2.05, 4.69) is 33.4 Å². The Morgan fingerprint density at radius 1 is 1.40 bits per heavy atom. The van der Waals surface area contributed by atoms with E-state index >= 15 is 0 Å². The van der Waals surface area contributed by atoms with E-state index in [0.29, 0.717) is 6.54 Å². The molecule has 0 saturated carbocycles. The fourth-order valence-corrected chi connectivity index (χ4v) is 2.17. The van der Waals surface area contributed by atoms with Gasteiger partial charge in [0.2, 0.25) is 5.91 Å². The molecule has 0 bridgehead atoms. The molecule has 1 amide bonds. The largest absolute Gasteiger partial charge is 0.369 e. The number of benzene rings is 1. The maximum atomic E-state index is 11.0. The summed E-state index contributed by atoms with van der Waals surface area (Å²) in [5, 5.41) is 3.31. The highest BCUT2D eigenvalue weighted by Gasteiger charge is 2.28. The molecular weight excluding hydrogens is 256 g/mol. The zero-order valence-electron chi connectivity index (χ0n) is 8.24. The normalized spacial score (nSPS) is 25.4. The monoisotopic (exact) mass is 268 g/mol. The van der Waals surface area contributed by atoms with E-state index in [9.17, 15) is 4.79 Å². The molecule has 2 rings (SSSR count). The van der Waals surface area contributed by atoms with Gasteiger partial charge >= 0.3 is 0 Å². The molecular formula is C11H13BrN2O. The van der Waals surface area contributed by atoms with Gasteiger partial charge in [-0.1, -0.05) is 28.1 Å². The molecule has 0 aliphatic carbocycles. The summed E-state index contributed by atoms with van der Waals surface area (Å²) in [6.45, 7) is 0.691. The molecule has 1 aliphatic rings. The predicted molar refractivity (Wildman–Crippen MR) is 62.2 cm³/mol. The highest BCUT2D eigenvalue weighted by Crippen LogP contribution is 2.27. The molecule has 80 valence electrons. The van der Waals surface area contributed by atoms with E-state index in [4.69, 9.17) is 5.73 Å². The highest BCUT2D eigenvalue weighted by molar-refractivity contribution is 9.10. The third-order valence-electron chi connectivity index (χ3n) is 2.81. The summed E-state index contributed by atoms with van der Waals surface area (Å²) >= 11 is 3.39. The molecule has 2 atom stereocenters. The number of carbonyl (C=O) groups is 1. The van der Waals surface area contributed by atoms with E-state index in [-0.39, 0.29) is 17.9 Å².